The summed E-state index contributed by atoms with van der Waals surface area (Å²) in [7, 11) is 0.610. The number of carbonyl (C=O) groups excluding carboxylic acids is 5. The van der Waals surface area contributed by atoms with E-state index in [-0.39, 0.29) is 36.5 Å². The minimum Gasteiger partial charge on any atom is -0.458 e. The molecule has 0 bridgehead atoms. The third kappa shape index (κ3) is 8.87. The van der Waals surface area contributed by atoms with E-state index in [1.54, 1.807) is 27.8 Å². The van der Waals surface area contributed by atoms with Crippen LogP contribution in [0.2, 0.25) is 0 Å². The van der Waals surface area contributed by atoms with Gasteiger partial charge in [0.25, 0.3) is 5.91 Å². The summed E-state index contributed by atoms with van der Waals surface area (Å²) in [5.41, 5.74) is 4.23. The van der Waals surface area contributed by atoms with Gasteiger partial charge >= 0.3 is 20.8 Å². The number of rotatable bonds is 11. The normalized spacial score (nSPS) is 21.5. The van der Waals surface area contributed by atoms with Gasteiger partial charge in [-0.25, -0.2) is 13.9 Å². The molecule has 0 aliphatic carbocycles. The van der Waals surface area contributed by atoms with E-state index in [9.17, 15) is 37.3 Å². The van der Waals surface area contributed by atoms with Gasteiger partial charge in [-0.2, -0.15) is 8.78 Å². The molecule has 0 unspecified atom stereocenters. The van der Waals surface area contributed by atoms with E-state index < -0.39 is 73.7 Å². The number of amides is 4. The van der Waals surface area contributed by atoms with E-state index in [1.807, 2.05) is 4.90 Å². The molecule has 2 fully saturated rings. The van der Waals surface area contributed by atoms with E-state index >= 15 is 0 Å². The van der Waals surface area contributed by atoms with Crippen LogP contribution in [0, 0.1) is 0 Å². The third-order valence-electron chi connectivity index (χ3n) is 8.04. The Morgan fingerprint density at radius 2 is 1.87 bits per heavy atom. The molecule has 256 valence electrons. The molecular weight excluding hydrogens is 641 g/mol. The molecule has 2 saturated heterocycles. The minimum atomic E-state index is -3.82. The molecule has 2 aliphatic rings. The lowest BCUT2D eigenvalue weighted by atomic mass is 10.1. The molecule has 17 heteroatoms. The molecule has 4 atom stereocenters. The summed E-state index contributed by atoms with van der Waals surface area (Å²) in [4.78, 5) is 71.6. The number of halogens is 2. The largest absolute Gasteiger partial charge is 0.458 e. The molecule has 2 aliphatic heterocycles. The lowest BCUT2D eigenvalue weighted by molar-refractivity contribution is -0.178. The van der Waals surface area contributed by atoms with Gasteiger partial charge in [0, 0.05) is 29.9 Å². The highest BCUT2D eigenvalue weighted by Crippen LogP contribution is 2.35. The number of hydrogen-bond acceptors (Lipinski definition) is 9. The number of nitrogens with two attached hydrogens (primary N) is 1. The zero-order chi connectivity index (χ0) is 34.7. The number of alkyl halides is 2. The van der Waals surface area contributed by atoms with E-state index in [0.29, 0.717) is 31.3 Å². The van der Waals surface area contributed by atoms with Crippen molar-refractivity contribution in [3.63, 3.8) is 0 Å². The molecule has 5 N–H and O–H groups in total. The number of esters is 1. The maximum Gasteiger partial charge on any atom is 0.393 e. The fourth-order valence-corrected chi connectivity index (χ4v) is 6.04. The Kier molecular flexibility index (Phi) is 11.0. The number of likely N-dealkylation sites (N-methyl/N-ethyl adjacent to an activating group) is 1. The standard InChI is InChI=1S/C30H39F2N6O8P/c1-29(2,3)45-28(43)20(8-10-24(33)39)35-26(41)23-9-6-18-11-12-37(4)15-22(27(42)38(18)23)36-25(40)21-14-16-13-17(5-7-19(16)34-21)30(31,32)46-47-44/h5,7,13-14,18,20,22-23,34H,6,8-12,15H2,1-4H3,(H2,33,39)(H,35,41)(H,36,40)/t18-,20+,22+,23+/m1/s1. The van der Waals surface area contributed by atoms with Crippen LogP contribution in [0.4, 0.5) is 8.78 Å². The maximum absolute atomic E-state index is 14.1. The number of aromatic amines is 1. The topological polar surface area (TPSA) is 193 Å². The summed E-state index contributed by atoms with van der Waals surface area (Å²) >= 11 is 0. The number of benzene rings is 1. The predicted octanol–water partition coefficient (Wildman–Crippen LogP) is 2.33. The van der Waals surface area contributed by atoms with E-state index in [4.69, 9.17) is 10.5 Å². The highest BCUT2D eigenvalue weighted by Gasteiger charge is 2.45. The molecule has 1 aromatic heterocycles. The second-order valence-corrected chi connectivity index (χ2v) is 13.2. The monoisotopic (exact) mass is 680 g/mol. The van der Waals surface area contributed by atoms with Crippen molar-refractivity contribution in [3.05, 3.63) is 35.5 Å². The molecule has 4 amide bonds. The number of carbonyl (C=O) groups is 5. The van der Waals surface area contributed by atoms with Gasteiger partial charge in [-0.1, -0.05) is 0 Å². The van der Waals surface area contributed by atoms with Crippen LogP contribution in [-0.4, -0.2) is 94.3 Å². The van der Waals surface area contributed by atoms with Gasteiger partial charge in [0.1, 0.15) is 29.4 Å². The highest BCUT2D eigenvalue weighted by atomic mass is 31.1. The summed E-state index contributed by atoms with van der Waals surface area (Å²) in [5, 5.41) is 5.64. The molecule has 2 aromatic rings. The highest BCUT2D eigenvalue weighted by molar-refractivity contribution is 7.17. The Hall–Kier alpha value is -4.01. The Balaban J connectivity index is 1.53. The minimum absolute atomic E-state index is 0.00256. The average molecular weight is 681 g/mol. The van der Waals surface area contributed by atoms with Crippen molar-refractivity contribution in [2.45, 2.75) is 88.8 Å². The van der Waals surface area contributed by atoms with Crippen LogP contribution in [0.15, 0.2) is 24.3 Å². The second-order valence-electron chi connectivity index (χ2n) is 12.8. The van der Waals surface area contributed by atoms with Crippen LogP contribution in [0.5, 0.6) is 0 Å². The molecule has 1 aromatic carbocycles. The SMILES string of the molecule is CN1CC[C@H]2CC[C@@H](C(=O)N[C@@H](CCC(N)=O)C(=O)OC(C)(C)C)N2C(=O)[C@@H](NC(=O)c2cc3cc(C(F)(F)OP=O)ccc3[nH]2)C1. The number of nitrogens with zero attached hydrogens (tertiary/aromatic N) is 2. The predicted molar refractivity (Wildman–Crippen MR) is 164 cm³/mol. The number of nitrogens with one attached hydrogen (secondary N) is 3. The third-order valence-corrected chi connectivity index (χ3v) is 8.35. The average Bonchev–Trinajstić information content (AvgIpc) is 3.60. The summed E-state index contributed by atoms with van der Waals surface area (Å²) in [6, 6.07) is 1.32. The zero-order valence-corrected chi connectivity index (χ0v) is 27.4. The number of aromatic nitrogens is 1. The first-order chi connectivity index (χ1) is 22.0. The van der Waals surface area contributed by atoms with Gasteiger partial charge in [0.15, 0.2) is 0 Å². The van der Waals surface area contributed by atoms with Crippen LogP contribution in [0.1, 0.15) is 68.9 Å². The molecule has 3 heterocycles. The van der Waals surface area contributed by atoms with Crippen LogP contribution >= 0.6 is 8.69 Å². The molecule has 0 saturated carbocycles. The lowest BCUT2D eigenvalue weighted by Gasteiger charge is -2.38. The van der Waals surface area contributed by atoms with Gasteiger partial charge in [-0.3, -0.25) is 19.2 Å². The zero-order valence-electron chi connectivity index (χ0n) is 26.5. The molecule has 0 spiro atoms. The maximum atomic E-state index is 14.1. The van der Waals surface area contributed by atoms with Gasteiger partial charge in [0.2, 0.25) is 17.7 Å². The Morgan fingerprint density at radius 1 is 1.15 bits per heavy atom. The van der Waals surface area contributed by atoms with Crippen molar-refractivity contribution in [3.8, 4) is 0 Å². The van der Waals surface area contributed by atoms with Crippen LogP contribution in [0.3, 0.4) is 0 Å². The summed E-state index contributed by atoms with van der Waals surface area (Å²) in [5.74, 6) is -3.16. The van der Waals surface area contributed by atoms with Crippen LogP contribution < -0.4 is 16.4 Å². The van der Waals surface area contributed by atoms with Crippen molar-refractivity contribution in [1.29, 1.82) is 0 Å². The number of hydrogen-bond donors (Lipinski definition) is 4. The van der Waals surface area contributed by atoms with Gasteiger partial charge in [-0.05, 0) is 84.3 Å². The molecule has 14 nitrogen and oxygen atoms in total. The van der Waals surface area contributed by atoms with Crippen LogP contribution in [0.25, 0.3) is 10.9 Å². The van der Waals surface area contributed by atoms with E-state index in [1.165, 1.54) is 17.0 Å². The van der Waals surface area contributed by atoms with Crippen molar-refractivity contribution >= 4 is 49.2 Å². The van der Waals surface area contributed by atoms with Crippen molar-refractivity contribution < 1.29 is 46.6 Å². The smallest absolute Gasteiger partial charge is 0.393 e. The van der Waals surface area contributed by atoms with Gasteiger partial charge in [0.05, 0.1) is 5.56 Å². The summed E-state index contributed by atoms with van der Waals surface area (Å²) < 4.78 is 48.2. The number of H-pyrrole nitrogens is 1. The van der Waals surface area contributed by atoms with E-state index in [2.05, 4.69) is 20.1 Å². The second kappa shape index (κ2) is 14.4. The Labute approximate surface area is 271 Å². The number of ether oxygens (including phenoxy) is 1. The van der Waals surface area contributed by atoms with Crippen LogP contribution in [-0.2, 0) is 39.1 Å². The van der Waals surface area contributed by atoms with Crippen molar-refractivity contribution in [1.82, 2.24) is 25.4 Å². The first-order valence-corrected chi connectivity index (χ1v) is 15.9. The number of fused-ring (bicyclic) bond motifs is 2. The first-order valence-electron chi connectivity index (χ1n) is 15.1. The Morgan fingerprint density at radius 3 is 2.53 bits per heavy atom. The lowest BCUT2D eigenvalue weighted by Crippen LogP contribution is -2.61. The quantitative estimate of drug-likeness (QED) is 0.204. The molecule has 0 radical (unpaired) electrons. The Bertz CT molecular complexity index is 1550. The summed E-state index contributed by atoms with van der Waals surface area (Å²) in [6.07, 6.45) is -2.68. The van der Waals surface area contributed by atoms with E-state index in [0.717, 1.165) is 12.1 Å². The molecular formula is C30H39F2N6O8P. The van der Waals surface area contributed by atoms with Gasteiger partial charge < -0.3 is 35.9 Å². The van der Waals surface area contributed by atoms with Crippen molar-refractivity contribution in [2.75, 3.05) is 20.1 Å². The fraction of sp³-hybridized carbons (Fsp3) is 0.567. The fourth-order valence-electron chi connectivity index (χ4n) is 5.84. The first kappa shape index (κ1) is 35.8. The van der Waals surface area contributed by atoms with Gasteiger partial charge in [-0.15, -0.1) is 0 Å². The van der Waals surface area contributed by atoms with Crippen molar-refractivity contribution in [2.24, 2.45) is 5.73 Å². The number of primary amides is 1. The summed E-state index contributed by atoms with van der Waals surface area (Å²) in [6.45, 7) is 5.70. The molecule has 47 heavy (non-hydrogen) atoms. The molecule has 4 rings (SSSR count).